The largest absolute Gasteiger partial charge is 0.456 e. The summed E-state index contributed by atoms with van der Waals surface area (Å²) in [4.78, 5) is 2.39. The van der Waals surface area contributed by atoms with E-state index < -0.39 is 0 Å². The summed E-state index contributed by atoms with van der Waals surface area (Å²) in [6.07, 6.45) is 0. The van der Waals surface area contributed by atoms with Gasteiger partial charge in [0.2, 0.25) is 0 Å². The maximum Gasteiger partial charge on any atom is 0.136 e. The van der Waals surface area contributed by atoms with Crippen LogP contribution < -0.4 is 4.90 Å². The maximum absolute atomic E-state index is 6.36. The van der Waals surface area contributed by atoms with Crippen LogP contribution in [0.2, 0.25) is 0 Å². The van der Waals surface area contributed by atoms with Crippen LogP contribution >= 0.6 is 0 Å². The van der Waals surface area contributed by atoms with Gasteiger partial charge in [0.05, 0.1) is 5.69 Å². The van der Waals surface area contributed by atoms with Gasteiger partial charge in [0.1, 0.15) is 11.2 Å². The molecule has 10 rings (SSSR count). The van der Waals surface area contributed by atoms with E-state index in [1.54, 1.807) is 0 Å². The molecule has 0 bridgehead atoms. The molecule has 48 heavy (non-hydrogen) atoms. The van der Waals surface area contributed by atoms with Gasteiger partial charge in [0.15, 0.2) is 0 Å². The molecule has 0 fully saturated rings. The number of para-hydroxylation sites is 3. The van der Waals surface area contributed by atoms with Crippen LogP contribution in [0.1, 0.15) is 0 Å². The lowest BCUT2D eigenvalue weighted by molar-refractivity contribution is 0.669. The van der Waals surface area contributed by atoms with Gasteiger partial charge in [-0.15, -0.1) is 0 Å². The van der Waals surface area contributed by atoms with Gasteiger partial charge < -0.3 is 9.32 Å². The summed E-state index contributed by atoms with van der Waals surface area (Å²) in [5.41, 5.74) is 7.60. The second-order valence-corrected chi connectivity index (χ2v) is 12.5. The van der Waals surface area contributed by atoms with E-state index in [1.807, 2.05) is 6.07 Å². The highest BCUT2D eigenvalue weighted by atomic mass is 16.3. The van der Waals surface area contributed by atoms with Crippen molar-refractivity contribution in [2.45, 2.75) is 0 Å². The Morgan fingerprint density at radius 1 is 0.333 bits per heavy atom. The van der Waals surface area contributed by atoms with Gasteiger partial charge in [-0.1, -0.05) is 127 Å². The third-order valence-corrected chi connectivity index (χ3v) is 9.80. The Balaban J connectivity index is 1.30. The van der Waals surface area contributed by atoms with Gasteiger partial charge in [-0.05, 0) is 91.8 Å². The fourth-order valence-electron chi connectivity index (χ4n) is 7.75. The third-order valence-electron chi connectivity index (χ3n) is 9.80. The first kappa shape index (κ1) is 26.8. The van der Waals surface area contributed by atoms with E-state index in [1.165, 1.54) is 59.6 Å². The Kier molecular flexibility index (Phi) is 5.91. The van der Waals surface area contributed by atoms with Gasteiger partial charge in [0.25, 0.3) is 0 Å². The van der Waals surface area contributed by atoms with E-state index in [9.17, 15) is 0 Å². The third kappa shape index (κ3) is 4.00. The highest BCUT2D eigenvalue weighted by Gasteiger charge is 2.21. The van der Waals surface area contributed by atoms with Gasteiger partial charge in [-0.2, -0.15) is 0 Å². The van der Waals surface area contributed by atoms with E-state index in [2.05, 4.69) is 175 Å². The molecule has 9 aromatic carbocycles. The minimum Gasteiger partial charge on any atom is -0.456 e. The Morgan fingerprint density at radius 2 is 0.958 bits per heavy atom. The lowest BCUT2D eigenvalue weighted by atomic mass is 9.87. The fraction of sp³-hybridized carbons (Fsp3) is 0. The first-order valence-corrected chi connectivity index (χ1v) is 16.4. The lowest BCUT2D eigenvalue weighted by Crippen LogP contribution is -2.11. The molecule has 224 valence electrons. The Labute approximate surface area is 277 Å². The van der Waals surface area contributed by atoms with Crippen LogP contribution in [0.4, 0.5) is 17.1 Å². The summed E-state index contributed by atoms with van der Waals surface area (Å²) in [6.45, 7) is 0. The monoisotopic (exact) mass is 611 g/mol. The van der Waals surface area contributed by atoms with Crippen molar-refractivity contribution in [3.05, 3.63) is 176 Å². The molecule has 2 nitrogen and oxygen atoms in total. The molecule has 1 heterocycles. The van der Waals surface area contributed by atoms with Crippen LogP contribution in [-0.4, -0.2) is 0 Å². The number of rotatable bonds is 4. The average molecular weight is 612 g/mol. The molecule has 0 aliphatic heterocycles. The molecule has 0 unspecified atom stereocenters. The van der Waals surface area contributed by atoms with Gasteiger partial charge in [0, 0.05) is 33.1 Å². The van der Waals surface area contributed by atoms with Crippen LogP contribution in [0.3, 0.4) is 0 Å². The normalized spacial score (nSPS) is 11.8. The molecule has 0 amide bonds. The highest BCUT2D eigenvalue weighted by Crippen LogP contribution is 2.48. The molecule has 0 saturated carbocycles. The number of nitrogens with zero attached hydrogens (tertiary/aromatic N) is 1. The van der Waals surface area contributed by atoms with Crippen LogP contribution in [0.15, 0.2) is 180 Å². The van der Waals surface area contributed by atoms with Crippen molar-refractivity contribution >= 4 is 82.1 Å². The maximum atomic E-state index is 6.36. The zero-order chi connectivity index (χ0) is 31.6. The van der Waals surface area contributed by atoms with Crippen LogP contribution in [0, 0.1) is 0 Å². The standard InChI is InChI=1S/C46H29NO/c1-2-15-32(16-3-1)47(33-26-25-30-13-4-5-14-31(30)29-33)41-23-10-8-17-34(41)35-21-12-22-37-39-27-28-43-46(40-20-9-11-24-42(40)48-43)45(39)38-19-7-6-18-36(38)44(35)37/h1-29H. The molecule has 0 saturated heterocycles. The molecule has 2 heteroatoms. The summed E-state index contributed by atoms with van der Waals surface area (Å²) >= 11 is 0. The number of anilines is 3. The predicted octanol–water partition coefficient (Wildman–Crippen LogP) is 13.3. The molecule has 0 radical (unpaired) electrons. The number of hydrogen-bond acceptors (Lipinski definition) is 2. The molecule has 0 aliphatic carbocycles. The smallest absolute Gasteiger partial charge is 0.136 e. The Bertz CT molecular complexity index is 2820. The van der Waals surface area contributed by atoms with E-state index >= 15 is 0 Å². The van der Waals surface area contributed by atoms with Crippen molar-refractivity contribution in [2.24, 2.45) is 0 Å². The van der Waals surface area contributed by atoms with Crippen molar-refractivity contribution < 1.29 is 4.42 Å². The molecular formula is C46H29NO. The second-order valence-electron chi connectivity index (χ2n) is 12.5. The van der Waals surface area contributed by atoms with E-state index in [0.717, 1.165) is 33.6 Å². The predicted molar refractivity (Wildman–Crippen MR) is 204 cm³/mol. The molecule has 1 aromatic heterocycles. The zero-order valence-corrected chi connectivity index (χ0v) is 26.1. The summed E-state index contributed by atoms with van der Waals surface area (Å²) < 4.78 is 6.36. The number of furan rings is 1. The average Bonchev–Trinajstić information content (AvgIpc) is 3.54. The van der Waals surface area contributed by atoms with Crippen molar-refractivity contribution in [1.82, 2.24) is 0 Å². The summed E-state index contributed by atoms with van der Waals surface area (Å²) in [5, 5.41) is 12.2. The number of fused-ring (bicyclic) bond motifs is 11. The number of hydrogen-bond donors (Lipinski definition) is 0. The molecule has 0 atom stereocenters. The molecule has 0 aliphatic rings. The van der Waals surface area contributed by atoms with Crippen molar-refractivity contribution in [3.63, 3.8) is 0 Å². The molecule has 10 aromatic rings. The zero-order valence-electron chi connectivity index (χ0n) is 26.1. The minimum atomic E-state index is 0.918. The SMILES string of the molecule is c1ccc(N(c2ccc3ccccc3c2)c2ccccc2-c2cccc3c4ccc5oc6ccccc6c5c4c4ccccc4c23)cc1. The molecule has 0 spiro atoms. The van der Waals surface area contributed by atoms with Crippen molar-refractivity contribution in [3.8, 4) is 11.1 Å². The topological polar surface area (TPSA) is 16.4 Å². The fourth-order valence-corrected chi connectivity index (χ4v) is 7.75. The molecular weight excluding hydrogens is 583 g/mol. The number of benzene rings is 9. The first-order valence-electron chi connectivity index (χ1n) is 16.4. The van der Waals surface area contributed by atoms with Crippen LogP contribution in [-0.2, 0) is 0 Å². The van der Waals surface area contributed by atoms with Crippen LogP contribution in [0.25, 0.3) is 76.2 Å². The quantitative estimate of drug-likeness (QED) is 0.184. The lowest BCUT2D eigenvalue weighted by Gasteiger charge is -2.28. The van der Waals surface area contributed by atoms with Gasteiger partial charge >= 0.3 is 0 Å². The Hall–Kier alpha value is -6.38. The summed E-state index contributed by atoms with van der Waals surface area (Å²) in [5.74, 6) is 0. The highest BCUT2D eigenvalue weighted by molar-refractivity contribution is 6.36. The second kappa shape index (κ2) is 10.6. The summed E-state index contributed by atoms with van der Waals surface area (Å²) in [7, 11) is 0. The van der Waals surface area contributed by atoms with Crippen molar-refractivity contribution in [1.29, 1.82) is 0 Å². The Morgan fingerprint density at radius 3 is 1.81 bits per heavy atom. The van der Waals surface area contributed by atoms with Crippen molar-refractivity contribution in [2.75, 3.05) is 4.90 Å². The van der Waals surface area contributed by atoms with Crippen LogP contribution in [0.5, 0.6) is 0 Å². The van der Waals surface area contributed by atoms with E-state index in [4.69, 9.17) is 4.42 Å². The summed E-state index contributed by atoms with van der Waals surface area (Å²) in [6, 6.07) is 63.3. The minimum absolute atomic E-state index is 0.918. The van der Waals surface area contributed by atoms with Gasteiger partial charge in [-0.3, -0.25) is 0 Å². The van der Waals surface area contributed by atoms with E-state index in [-0.39, 0.29) is 0 Å². The molecule has 0 N–H and O–H groups in total. The van der Waals surface area contributed by atoms with Gasteiger partial charge in [-0.25, -0.2) is 0 Å². The van der Waals surface area contributed by atoms with E-state index in [0.29, 0.717) is 0 Å². The first-order chi connectivity index (χ1) is 23.8.